The minimum Gasteiger partial charge on any atom is -0.368 e. The van der Waals surface area contributed by atoms with Gasteiger partial charge in [0.25, 0.3) is 0 Å². The highest BCUT2D eigenvalue weighted by molar-refractivity contribution is 5.90. The van der Waals surface area contributed by atoms with Gasteiger partial charge in [-0.3, -0.25) is 0 Å². The lowest BCUT2D eigenvalue weighted by Gasteiger charge is -2.37. The predicted octanol–water partition coefficient (Wildman–Crippen LogP) is 4.78. The number of hydrogen-bond donors (Lipinski definition) is 1. The molecule has 2 aromatic carbocycles. The first-order valence-electron chi connectivity index (χ1n) is 9.43. The molecule has 1 N–H and O–H groups in total. The molecule has 138 valence electrons. The van der Waals surface area contributed by atoms with Gasteiger partial charge < -0.3 is 15.1 Å². The Morgan fingerprint density at radius 1 is 1.00 bits per heavy atom. The van der Waals surface area contributed by atoms with Gasteiger partial charge in [-0.1, -0.05) is 49.7 Å². The van der Waals surface area contributed by atoms with E-state index < -0.39 is 0 Å². The average Bonchev–Trinajstić information content (AvgIpc) is 2.64. The van der Waals surface area contributed by atoms with Gasteiger partial charge in [-0.15, -0.1) is 0 Å². The van der Waals surface area contributed by atoms with Crippen molar-refractivity contribution in [3.05, 3.63) is 59.2 Å². The van der Waals surface area contributed by atoms with E-state index in [0.29, 0.717) is 5.92 Å². The van der Waals surface area contributed by atoms with Gasteiger partial charge in [0, 0.05) is 37.6 Å². The van der Waals surface area contributed by atoms with Crippen molar-refractivity contribution >= 4 is 17.4 Å². The van der Waals surface area contributed by atoms with Gasteiger partial charge in [-0.25, -0.2) is 4.79 Å². The number of para-hydroxylation sites is 1. The van der Waals surface area contributed by atoms with Gasteiger partial charge in [0.05, 0.1) is 0 Å². The number of aryl methyl sites for hydroxylation is 2. The minimum absolute atomic E-state index is 0.00579. The molecule has 1 aliphatic rings. The van der Waals surface area contributed by atoms with E-state index in [9.17, 15) is 4.79 Å². The molecule has 3 rings (SSSR count). The van der Waals surface area contributed by atoms with E-state index in [-0.39, 0.29) is 6.03 Å². The normalized spacial score (nSPS) is 14.7. The molecule has 1 fully saturated rings. The first-order valence-corrected chi connectivity index (χ1v) is 9.43. The highest BCUT2D eigenvalue weighted by atomic mass is 16.2. The molecule has 1 heterocycles. The van der Waals surface area contributed by atoms with Crippen molar-refractivity contribution in [3.63, 3.8) is 0 Å². The lowest BCUT2D eigenvalue weighted by atomic mass is 10.00. The average molecular weight is 351 g/mol. The van der Waals surface area contributed by atoms with Crippen LogP contribution in [0, 0.1) is 13.8 Å². The van der Waals surface area contributed by atoms with Gasteiger partial charge >= 0.3 is 6.03 Å². The van der Waals surface area contributed by atoms with E-state index in [1.54, 1.807) is 0 Å². The number of nitrogens with one attached hydrogen (secondary N) is 1. The molecule has 2 amide bonds. The summed E-state index contributed by atoms with van der Waals surface area (Å²) in [5, 5.41) is 3.06. The molecule has 1 saturated heterocycles. The maximum Gasteiger partial charge on any atom is 0.321 e. The zero-order valence-corrected chi connectivity index (χ0v) is 16.2. The summed E-state index contributed by atoms with van der Waals surface area (Å²) in [5.74, 6) is 0.497. The van der Waals surface area contributed by atoms with Gasteiger partial charge in [0.2, 0.25) is 0 Å². The highest BCUT2D eigenvalue weighted by Gasteiger charge is 2.23. The number of carbonyl (C=O) groups excluding carboxylic acids is 1. The third kappa shape index (κ3) is 4.01. The van der Waals surface area contributed by atoms with Crippen LogP contribution in [-0.4, -0.2) is 37.1 Å². The van der Waals surface area contributed by atoms with E-state index in [2.05, 4.69) is 61.3 Å². The molecule has 4 heteroatoms. The molecule has 0 saturated carbocycles. The molecule has 0 spiro atoms. The van der Waals surface area contributed by atoms with Crippen molar-refractivity contribution in [2.75, 3.05) is 36.4 Å². The van der Waals surface area contributed by atoms with Crippen molar-refractivity contribution in [2.24, 2.45) is 0 Å². The van der Waals surface area contributed by atoms with E-state index in [4.69, 9.17) is 0 Å². The molecule has 0 aliphatic carbocycles. The van der Waals surface area contributed by atoms with Crippen LogP contribution < -0.4 is 10.2 Å². The zero-order chi connectivity index (χ0) is 18.7. The number of carbonyl (C=O) groups is 1. The van der Waals surface area contributed by atoms with Crippen molar-refractivity contribution in [1.82, 2.24) is 4.90 Å². The zero-order valence-electron chi connectivity index (χ0n) is 16.2. The van der Waals surface area contributed by atoms with E-state index >= 15 is 0 Å². The van der Waals surface area contributed by atoms with E-state index in [1.807, 2.05) is 24.0 Å². The minimum atomic E-state index is -0.00579. The fraction of sp³-hybridized carbons (Fsp3) is 0.409. The monoisotopic (exact) mass is 351 g/mol. The van der Waals surface area contributed by atoms with Crippen LogP contribution in [0.2, 0.25) is 0 Å². The van der Waals surface area contributed by atoms with Gasteiger partial charge in [0.1, 0.15) is 0 Å². The summed E-state index contributed by atoms with van der Waals surface area (Å²) in [6.07, 6.45) is 0. The SMILES string of the molecule is Cc1ccc(NC(=O)N2CCN(c3ccccc3C(C)C)CC2)c(C)c1. The summed E-state index contributed by atoms with van der Waals surface area (Å²) in [6, 6.07) is 14.7. The molecule has 4 nitrogen and oxygen atoms in total. The standard InChI is InChI=1S/C22H29N3O/c1-16(2)19-7-5-6-8-21(19)24-11-13-25(14-12-24)22(26)23-20-10-9-17(3)15-18(20)4/h5-10,15-16H,11-14H2,1-4H3,(H,23,26). The second-order valence-electron chi connectivity index (χ2n) is 7.44. The molecule has 1 aliphatic heterocycles. The number of piperazine rings is 1. The molecule has 0 radical (unpaired) electrons. The number of anilines is 2. The van der Waals surface area contributed by atoms with Crippen molar-refractivity contribution in [3.8, 4) is 0 Å². The van der Waals surface area contributed by atoms with Crippen molar-refractivity contribution in [2.45, 2.75) is 33.6 Å². The van der Waals surface area contributed by atoms with Gasteiger partial charge in [0.15, 0.2) is 0 Å². The summed E-state index contributed by atoms with van der Waals surface area (Å²) < 4.78 is 0. The first kappa shape index (κ1) is 18.3. The number of amides is 2. The van der Waals surface area contributed by atoms with E-state index in [0.717, 1.165) is 37.4 Å². The van der Waals surface area contributed by atoms with Crippen LogP contribution in [0.1, 0.15) is 36.5 Å². The van der Waals surface area contributed by atoms with Crippen LogP contribution in [0.5, 0.6) is 0 Å². The fourth-order valence-corrected chi connectivity index (χ4v) is 3.56. The summed E-state index contributed by atoms with van der Waals surface area (Å²) in [7, 11) is 0. The van der Waals surface area contributed by atoms with Crippen LogP contribution >= 0.6 is 0 Å². The van der Waals surface area contributed by atoms with Crippen LogP contribution in [0.3, 0.4) is 0 Å². The summed E-state index contributed by atoms with van der Waals surface area (Å²) in [4.78, 5) is 16.9. The quantitative estimate of drug-likeness (QED) is 0.864. The topological polar surface area (TPSA) is 35.6 Å². The molecular formula is C22H29N3O. The summed E-state index contributed by atoms with van der Waals surface area (Å²) in [5.41, 5.74) is 5.88. The second kappa shape index (κ2) is 7.81. The molecule has 2 aromatic rings. The summed E-state index contributed by atoms with van der Waals surface area (Å²) in [6.45, 7) is 11.8. The highest BCUT2D eigenvalue weighted by Crippen LogP contribution is 2.28. The van der Waals surface area contributed by atoms with Gasteiger partial charge in [-0.05, 0) is 43.0 Å². The maximum atomic E-state index is 12.6. The maximum absolute atomic E-state index is 12.6. The molecule has 0 atom stereocenters. The largest absolute Gasteiger partial charge is 0.368 e. The number of nitrogens with zero attached hydrogens (tertiary/aromatic N) is 2. The molecule has 26 heavy (non-hydrogen) atoms. The number of benzene rings is 2. The van der Waals surface area contributed by atoms with Crippen LogP contribution in [-0.2, 0) is 0 Å². The summed E-state index contributed by atoms with van der Waals surface area (Å²) >= 11 is 0. The second-order valence-corrected chi connectivity index (χ2v) is 7.44. The van der Waals surface area contributed by atoms with Crippen LogP contribution in [0.25, 0.3) is 0 Å². The fourth-order valence-electron chi connectivity index (χ4n) is 3.56. The number of hydrogen-bond acceptors (Lipinski definition) is 2. The number of rotatable bonds is 3. The lowest BCUT2D eigenvalue weighted by Crippen LogP contribution is -2.50. The predicted molar refractivity (Wildman–Crippen MR) is 109 cm³/mol. The Hall–Kier alpha value is -2.49. The Bertz CT molecular complexity index is 777. The Kier molecular flexibility index (Phi) is 5.50. The van der Waals surface area contributed by atoms with Crippen molar-refractivity contribution in [1.29, 1.82) is 0 Å². The Morgan fingerprint density at radius 2 is 1.69 bits per heavy atom. The Balaban J connectivity index is 1.62. The molecule has 0 aromatic heterocycles. The molecular weight excluding hydrogens is 322 g/mol. The van der Waals surface area contributed by atoms with Crippen LogP contribution in [0.15, 0.2) is 42.5 Å². The Morgan fingerprint density at radius 3 is 2.35 bits per heavy atom. The lowest BCUT2D eigenvalue weighted by molar-refractivity contribution is 0.208. The molecule has 0 bridgehead atoms. The third-order valence-electron chi connectivity index (χ3n) is 5.09. The van der Waals surface area contributed by atoms with Crippen LogP contribution in [0.4, 0.5) is 16.2 Å². The number of urea groups is 1. The Labute approximate surface area is 156 Å². The first-order chi connectivity index (χ1) is 12.5. The van der Waals surface area contributed by atoms with Crippen molar-refractivity contribution < 1.29 is 4.79 Å². The van der Waals surface area contributed by atoms with E-state index in [1.165, 1.54) is 16.8 Å². The molecule has 0 unspecified atom stereocenters. The smallest absolute Gasteiger partial charge is 0.321 e. The van der Waals surface area contributed by atoms with Gasteiger partial charge in [-0.2, -0.15) is 0 Å². The third-order valence-corrected chi connectivity index (χ3v) is 5.09.